The van der Waals surface area contributed by atoms with E-state index in [9.17, 15) is 13.2 Å². The van der Waals surface area contributed by atoms with E-state index in [0.717, 1.165) is 12.0 Å². The smallest absolute Gasteiger partial charge is 0.254 e. The molecule has 1 aromatic rings. The average Bonchev–Trinajstić information content (AvgIpc) is 2.38. The number of benzene rings is 1. The second kappa shape index (κ2) is 5.44. The summed E-state index contributed by atoms with van der Waals surface area (Å²) in [6, 6.07) is 5.32. The van der Waals surface area contributed by atoms with Crippen molar-refractivity contribution in [2.75, 3.05) is 24.6 Å². The van der Waals surface area contributed by atoms with Gasteiger partial charge in [0.2, 0.25) is 0 Å². The van der Waals surface area contributed by atoms with Crippen molar-refractivity contribution in [3.05, 3.63) is 29.3 Å². The summed E-state index contributed by atoms with van der Waals surface area (Å²) in [6.07, 6.45) is 0.739. The zero-order valence-corrected chi connectivity index (χ0v) is 12.6. The van der Waals surface area contributed by atoms with Gasteiger partial charge in [-0.25, -0.2) is 8.42 Å². The van der Waals surface area contributed by atoms with Gasteiger partial charge in [0, 0.05) is 24.3 Å². The quantitative estimate of drug-likeness (QED) is 0.843. The number of nitrogen functional groups attached to an aromatic ring is 1. The molecule has 1 amide bonds. The van der Waals surface area contributed by atoms with Gasteiger partial charge < -0.3 is 10.6 Å². The molecule has 0 aromatic heterocycles. The highest BCUT2D eigenvalue weighted by Crippen LogP contribution is 2.21. The van der Waals surface area contributed by atoms with Crippen molar-refractivity contribution in [1.29, 1.82) is 0 Å². The summed E-state index contributed by atoms with van der Waals surface area (Å²) in [7, 11) is -3.13. The Hall–Kier alpha value is -1.56. The first-order chi connectivity index (χ1) is 9.31. The highest BCUT2D eigenvalue weighted by molar-refractivity contribution is 7.92. The van der Waals surface area contributed by atoms with E-state index in [-0.39, 0.29) is 18.2 Å². The Bertz CT molecular complexity index is 623. The zero-order chi connectivity index (χ0) is 14.9. The summed E-state index contributed by atoms with van der Waals surface area (Å²) in [5.41, 5.74) is 7.83. The Morgan fingerprint density at radius 2 is 2.05 bits per heavy atom. The maximum absolute atomic E-state index is 12.3. The van der Waals surface area contributed by atoms with Crippen molar-refractivity contribution < 1.29 is 13.2 Å². The minimum Gasteiger partial charge on any atom is -0.399 e. The molecule has 0 spiro atoms. The standard InChI is InChI=1S/C14H20N2O3S/c1-10(2)20(18,19)8-7-16-6-5-11-3-4-12(15)9-13(11)14(16)17/h3-4,9-10H,5-8,15H2,1-2H3. The molecule has 0 fully saturated rings. The number of anilines is 1. The van der Waals surface area contributed by atoms with Crippen LogP contribution >= 0.6 is 0 Å². The van der Waals surface area contributed by atoms with Crippen molar-refractivity contribution in [2.24, 2.45) is 0 Å². The van der Waals surface area contributed by atoms with Gasteiger partial charge in [-0.1, -0.05) is 6.07 Å². The molecule has 0 unspecified atom stereocenters. The first-order valence-electron chi connectivity index (χ1n) is 6.70. The minimum absolute atomic E-state index is 0.00799. The zero-order valence-electron chi connectivity index (χ0n) is 11.8. The van der Waals surface area contributed by atoms with Gasteiger partial charge in [-0.2, -0.15) is 0 Å². The number of fused-ring (bicyclic) bond motifs is 1. The van der Waals surface area contributed by atoms with Gasteiger partial charge in [0.05, 0.1) is 11.0 Å². The summed E-state index contributed by atoms with van der Waals surface area (Å²) >= 11 is 0. The first-order valence-corrected chi connectivity index (χ1v) is 8.42. The van der Waals surface area contributed by atoms with E-state index in [1.54, 1.807) is 30.9 Å². The van der Waals surface area contributed by atoms with E-state index in [0.29, 0.717) is 17.8 Å². The molecule has 20 heavy (non-hydrogen) atoms. The Morgan fingerprint density at radius 1 is 1.35 bits per heavy atom. The fourth-order valence-electron chi connectivity index (χ4n) is 2.22. The lowest BCUT2D eigenvalue weighted by Gasteiger charge is -2.28. The molecular weight excluding hydrogens is 276 g/mol. The van der Waals surface area contributed by atoms with Crippen LogP contribution in [0.1, 0.15) is 29.8 Å². The second-order valence-electron chi connectivity index (χ2n) is 5.37. The number of hydrogen-bond acceptors (Lipinski definition) is 4. The second-order valence-corrected chi connectivity index (χ2v) is 8.05. The van der Waals surface area contributed by atoms with Crippen LogP contribution in [0.3, 0.4) is 0 Å². The number of hydrogen-bond donors (Lipinski definition) is 1. The lowest BCUT2D eigenvalue weighted by molar-refractivity contribution is 0.0750. The molecule has 1 aliphatic heterocycles. The Morgan fingerprint density at radius 3 is 2.70 bits per heavy atom. The van der Waals surface area contributed by atoms with Crippen molar-refractivity contribution in [3.8, 4) is 0 Å². The fourth-order valence-corrected chi connectivity index (χ4v) is 3.17. The van der Waals surface area contributed by atoms with E-state index in [4.69, 9.17) is 5.73 Å². The molecule has 0 saturated carbocycles. The molecule has 2 rings (SSSR count). The van der Waals surface area contributed by atoms with Crippen molar-refractivity contribution in [3.63, 3.8) is 0 Å². The summed E-state index contributed by atoms with van der Waals surface area (Å²) in [4.78, 5) is 13.9. The molecule has 110 valence electrons. The van der Waals surface area contributed by atoms with Crippen LogP contribution in [0.5, 0.6) is 0 Å². The molecule has 0 radical (unpaired) electrons. The van der Waals surface area contributed by atoms with Gasteiger partial charge in [-0.3, -0.25) is 4.79 Å². The van der Waals surface area contributed by atoms with Crippen LogP contribution in [0, 0.1) is 0 Å². The number of carbonyl (C=O) groups excluding carboxylic acids is 1. The van der Waals surface area contributed by atoms with Gasteiger partial charge in [-0.15, -0.1) is 0 Å². The Labute approximate surface area is 119 Å². The molecule has 0 saturated heterocycles. The molecule has 0 bridgehead atoms. The van der Waals surface area contributed by atoms with Crippen molar-refractivity contribution >= 4 is 21.4 Å². The van der Waals surface area contributed by atoms with Gasteiger partial charge in [0.25, 0.3) is 5.91 Å². The first kappa shape index (κ1) is 14.8. The summed E-state index contributed by atoms with van der Waals surface area (Å²) in [5, 5.41) is -0.412. The third-order valence-corrected chi connectivity index (χ3v) is 5.85. The van der Waals surface area contributed by atoms with E-state index in [2.05, 4.69) is 0 Å². The molecular formula is C14H20N2O3S. The van der Waals surface area contributed by atoms with Crippen molar-refractivity contribution in [1.82, 2.24) is 4.90 Å². The Kier molecular flexibility index (Phi) is 4.04. The maximum Gasteiger partial charge on any atom is 0.254 e. The predicted octanol–water partition coefficient (Wildman–Crippen LogP) is 1.09. The van der Waals surface area contributed by atoms with Crippen LogP contribution in [-0.4, -0.2) is 43.3 Å². The monoisotopic (exact) mass is 296 g/mol. The number of nitrogens with two attached hydrogens (primary N) is 1. The molecule has 1 aromatic carbocycles. The number of amides is 1. The largest absolute Gasteiger partial charge is 0.399 e. The lowest BCUT2D eigenvalue weighted by atomic mass is 9.98. The summed E-state index contributed by atoms with van der Waals surface area (Å²) in [5.74, 6) is -0.119. The normalized spacial score (nSPS) is 15.6. The number of rotatable bonds is 4. The van der Waals surface area contributed by atoms with Gasteiger partial charge in [0.1, 0.15) is 0 Å². The SMILES string of the molecule is CC(C)S(=O)(=O)CCN1CCc2ccc(N)cc2C1=O. The van der Waals surface area contributed by atoms with E-state index in [1.165, 1.54) is 0 Å². The van der Waals surface area contributed by atoms with Gasteiger partial charge in [-0.05, 0) is 38.0 Å². The molecule has 0 aliphatic carbocycles. The molecule has 6 heteroatoms. The Balaban J connectivity index is 2.12. The molecule has 1 heterocycles. The van der Waals surface area contributed by atoms with Crippen LogP contribution < -0.4 is 5.73 Å². The predicted molar refractivity (Wildman–Crippen MR) is 79.4 cm³/mol. The van der Waals surface area contributed by atoms with Gasteiger partial charge in [0.15, 0.2) is 9.84 Å². The van der Waals surface area contributed by atoms with Crippen LogP contribution in [-0.2, 0) is 16.3 Å². The molecule has 0 atom stereocenters. The van der Waals surface area contributed by atoms with E-state index >= 15 is 0 Å². The van der Waals surface area contributed by atoms with Crippen LogP contribution in [0.15, 0.2) is 18.2 Å². The van der Waals surface area contributed by atoms with Crippen LogP contribution in [0.4, 0.5) is 5.69 Å². The van der Waals surface area contributed by atoms with E-state index < -0.39 is 15.1 Å². The third-order valence-electron chi connectivity index (χ3n) is 3.67. The minimum atomic E-state index is -3.13. The molecule has 2 N–H and O–H groups in total. The average molecular weight is 296 g/mol. The summed E-state index contributed by atoms with van der Waals surface area (Å²) in [6.45, 7) is 4.11. The maximum atomic E-state index is 12.3. The highest BCUT2D eigenvalue weighted by atomic mass is 32.2. The number of carbonyl (C=O) groups is 1. The lowest BCUT2D eigenvalue weighted by Crippen LogP contribution is -2.41. The number of sulfone groups is 1. The number of nitrogens with zero attached hydrogens (tertiary/aromatic N) is 1. The molecule has 5 nitrogen and oxygen atoms in total. The van der Waals surface area contributed by atoms with Crippen LogP contribution in [0.2, 0.25) is 0 Å². The third kappa shape index (κ3) is 2.95. The van der Waals surface area contributed by atoms with Crippen LogP contribution in [0.25, 0.3) is 0 Å². The van der Waals surface area contributed by atoms with E-state index in [1.807, 2.05) is 6.07 Å². The summed E-state index contributed by atoms with van der Waals surface area (Å²) < 4.78 is 23.6. The molecule has 1 aliphatic rings. The highest BCUT2D eigenvalue weighted by Gasteiger charge is 2.26. The fraction of sp³-hybridized carbons (Fsp3) is 0.500. The topological polar surface area (TPSA) is 80.5 Å². The van der Waals surface area contributed by atoms with Gasteiger partial charge >= 0.3 is 0 Å². The van der Waals surface area contributed by atoms with Crippen molar-refractivity contribution in [2.45, 2.75) is 25.5 Å².